The van der Waals surface area contributed by atoms with Gasteiger partial charge in [0, 0.05) is 6.04 Å². The highest BCUT2D eigenvalue weighted by molar-refractivity contribution is 5.84. The molecule has 0 radical (unpaired) electrons. The van der Waals surface area contributed by atoms with Gasteiger partial charge in [-0.05, 0) is 19.8 Å². The first-order valence-electron chi connectivity index (χ1n) is 5.46. The van der Waals surface area contributed by atoms with Crippen LogP contribution in [-0.4, -0.2) is 53.7 Å². The van der Waals surface area contributed by atoms with Crippen LogP contribution in [0.4, 0.5) is 4.79 Å². The molecule has 1 fully saturated rings. The third kappa shape index (κ3) is 4.71. The molecule has 0 aromatic carbocycles. The van der Waals surface area contributed by atoms with Gasteiger partial charge < -0.3 is 20.1 Å². The van der Waals surface area contributed by atoms with Gasteiger partial charge in [-0.15, -0.1) is 0 Å². The molecule has 0 aromatic heterocycles. The van der Waals surface area contributed by atoms with Crippen LogP contribution in [0.25, 0.3) is 0 Å². The molecule has 7 nitrogen and oxygen atoms in total. The molecule has 17 heavy (non-hydrogen) atoms. The second-order valence-electron chi connectivity index (χ2n) is 3.72. The highest BCUT2D eigenvalue weighted by Gasteiger charge is 2.33. The van der Waals surface area contributed by atoms with Crippen molar-refractivity contribution in [3.05, 3.63) is 0 Å². The molecule has 0 saturated heterocycles. The Bertz CT molecular complexity index is 314. The lowest BCUT2D eigenvalue weighted by atomic mass is 10.5. The van der Waals surface area contributed by atoms with Crippen LogP contribution in [0.3, 0.4) is 0 Å². The molecular weight excluding hydrogens is 228 g/mol. The van der Waals surface area contributed by atoms with Gasteiger partial charge in [-0.25, -0.2) is 4.79 Å². The zero-order valence-corrected chi connectivity index (χ0v) is 9.64. The van der Waals surface area contributed by atoms with Gasteiger partial charge in [0.2, 0.25) is 0 Å². The lowest BCUT2D eigenvalue weighted by Crippen LogP contribution is -2.45. The fourth-order valence-corrected chi connectivity index (χ4v) is 1.36. The zero-order valence-electron chi connectivity index (χ0n) is 9.64. The number of carbonyl (C=O) groups is 3. The molecule has 0 atom stereocenters. The molecule has 0 spiro atoms. The Morgan fingerprint density at radius 1 is 1.41 bits per heavy atom. The first kappa shape index (κ1) is 13.3. The SMILES string of the molecule is CCOC(=O)CNC(=O)N(CC(=O)O)C1CC1. The standard InChI is InChI=1S/C10H16N2O5/c1-2-17-9(15)5-11-10(16)12(6-8(13)14)7-3-4-7/h7H,2-6H2,1H3,(H,11,16)(H,13,14). The predicted octanol–water partition coefficient (Wildman–Crippen LogP) is -0.192. The number of urea groups is 1. The highest BCUT2D eigenvalue weighted by atomic mass is 16.5. The van der Waals surface area contributed by atoms with E-state index in [1.165, 1.54) is 4.90 Å². The summed E-state index contributed by atoms with van der Waals surface area (Å²) in [6.07, 6.45) is 1.61. The van der Waals surface area contributed by atoms with Crippen molar-refractivity contribution >= 4 is 18.0 Å². The van der Waals surface area contributed by atoms with Crippen LogP contribution >= 0.6 is 0 Å². The molecule has 0 heterocycles. The number of ether oxygens (including phenoxy) is 1. The largest absolute Gasteiger partial charge is 0.480 e. The van der Waals surface area contributed by atoms with E-state index in [2.05, 4.69) is 10.1 Å². The van der Waals surface area contributed by atoms with Crippen LogP contribution in [0.5, 0.6) is 0 Å². The maximum atomic E-state index is 11.6. The van der Waals surface area contributed by atoms with Crippen LogP contribution < -0.4 is 5.32 Å². The second-order valence-corrected chi connectivity index (χ2v) is 3.72. The molecule has 0 bridgehead atoms. The highest BCUT2D eigenvalue weighted by Crippen LogP contribution is 2.26. The number of carboxylic acid groups (broad SMARTS) is 1. The molecule has 0 aromatic rings. The summed E-state index contributed by atoms with van der Waals surface area (Å²) < 4.78 is 4.64. The fraction of sp³-hybridized carbons (Fsp3) is 0.700. The van der Waals surface area contributed by atoms with Crippen molar-refractivity contribution in [1.29, 1.82) is 0 Å². The molecule has 1 rings (SSSR count). The normalized spacial score (nSPS) is 13.9. The van der Waals surface area contributed by atoms with E-state index in [-0.39, 0.29) is 25.7 Å². The zero-order chi connectivity index (χ0) is 12.8. The van der Waals surface area contributed by atoms with Gasteiger partial charge in [-0.3, -0.25) is 9.59 Å². The molecule has 2 amide bonds. The molecular formula is C10H16N2O5. The molecule has 1 saturated carbocycles. The number of carboxylic acids is 1. The van der Waals surface area contributed by atoms with E-state index in [4.69, 9.17) is 5.11 Å². The van der Waals surface area contributed by atoms with Gasteiger partial charge in [0.15, 0.2) is 0 Å². The maximum Gasteiger partial charge on any atom is 0.325 e. The van der Waals surface area contributed by atoms with Crippen molar-refractivity contribution in [3.8, 4) is 0 Å². The van der Waals surface area contributed by atoms with E-state index >= 15 is 0 Å². The quantitative estimate of drug-likeness (QED) is 0.631. The van der Waals surface area contributed by atoms with E-state index in [0.29, 0.717) is 0 Å². The number of esters is 1. The predicted molar refractivity (Wildman–Crippen MR) is 57.4 cm³/mol. The lowest BCUT2D eigenvalue weighted by molar-refractivity contribution is -0.141. The monoisotopic (exact) mass is 244 g/mol. The van der Waals surface area contributed by atoms with Gasteiger partial charge in [-0.1, -0.05) is 0 Å². The molecule has 7 heteroatoms. The summed E-state index contributed by atoms with van der Waals surface area (Å²) in [7, 11) is 0. The van der Waals surface area contributed by atoms with Crippen molar-refractivity contribution in [1.82, 2.24) is 10.2 Å². The molecule has 2 N–H and O–H groups in total. The first-order valence-corrected chi connectivity index (χ1v) is 5.46. The first-order chi connectivity index (χ1) is 8.04. The minimum absolute atomic E-state index is 0.0201. The Kier molecular flexibility index (Phi) is 4.74. The molecule has 0 aliphatic heterocycles. The average Bonchev–Trinajstić information content (AvgIpc) is 3.06. The van der Waals surface area contributed by atoms with Crippen molar-refractivity contribution in [2.45, 2.75) is 25.8 Å². The summed E-state index contributed by atoms with van der Waals surface area (Å²) in [4.78, 5) is 34.4. The van der Waals surface area contributed by atoms with Crippen LogP contribution in [-0.2, 0) is 14.3 Å². The number of nitrogens with zero attached hydrogens (tertiary/aromatic N) is 1. The van der Waals surface area contributed by atoms with Crippen LogP contribution in [0.2, 0.25) is 0 Å². The van der Waals surface area contributed by atoms with Gasteiger partial charge >= 0.3 is 18.0 Å². The van der Waals surface area contributed by atoms with Crippen molar-refractivity contribution < 1.29 is 24.2 Å². The average molecular weight is 244 g/mol. The number of nitrogens with one attached hydrogen (secondary N) is 1. The Morgan fingerprint density at radius 2 is 2.06 bits per heavy atom. The second kappa shape index (κ2) is 6.07. The van der Waals surface area contributed by atoms with E-state index in [0.717, 1.165) is 12.8 Å². The summed E-state index contributed by atoms with van der Waals surface area (Å²) in [5, 5.41) is 11.0. The number of carbonyl (C=O) groups excluding carboxylic acids is 2. The van der Waals surface area contributed by atoms with Gasteiger partial charge in [0.05, 0.1) is 6.61 Å². The summed E-state index contributed by atoms with van der Waals surface area (Å²) in [5.41, 5.74) is 0. The fourth-order valence-electron chi connectivity index (χ4n) is 1.36. The third-order valence-corrected chi connectivity index (χ3v) is 2.24. The third-order valence-electron chi connectivity index (χ3n) is 2.24. The summed E-state index contributed by atoms with van der Waals surface area (Å²) >= 11 is 0. The number of aliphatic carboxylic acids is 1. The maximum absolute atomic E-state index is 11.6. The lowest BCUT2D eigenvalue weighted by Gasteiger charge is -2.20. The molecule has 1 aliphatic rings. The number of hydrogen-bond acceptors (Lipinski definition) is 4. The van der Waals surface area contributed by atoms with E-state index < -0.39 is 18.0 Å². The van der Waals surface area contributed by atoms with Gasteiger partial charge in [0.25, 0.3) is 0 Å². The summed E-state index contributed by atoms with van der Waals surface area (Å²) in [6, 6.07) is -0.559. The summed E-state index contributed by atoms with van der Waals surface area (Å²) in [6.45, 7) is 1.33. The van der Waals surface area contributed by atoms with Gasteiger partial charge in [-0.2, -0.15) is 0 Å². The minimum Gasteiger partial charge on any atom is -0.480 e. The van der Waals surface area contributed by atoms with Crippen LogP contribution in [0, 0.1) is 0 Å². The topological polar surface area (TPSA) is 95.9 Å². The Labute approximate surface area is 98.7 Å². The van der Waals surface area contributed by atoms with E-state index in [1.54, 1.807) is 6.92 Å². The number of hydrogen-bond donors (Lipinski definition) is 2. The van der Waals surface area contributed by atoms with Crippen LogP contribution in [0.1, 0.15) is 19.8 Å². The minimum atomic E-state index is -1.07. The number of amides is 2. The number of rotatable bonds is 6. The van der Waals surface area contributed by atoms with Crippen molar-refractivity contribution in [2.24, 2.45) is 0 Å². The Morgan fingerprint density at radius 3 is 2.53 bits per heavy atom. The molecule has 0 unspecified atom stereocenters. The van der Waals surface area contributed by atoms with E-state index in [1.807, 2.05) is 0 Å². The van der Waals surface area contributed by atoms with Crippen molar-refractivity contribution in [3.63, 3.8) is 0 Å². The smallest absolute Gasteiger partial charge is 0.325 e. The van der Waals surface area contributed by atoms with Gasteiger partial charge in [0.1, 0.15) is 13.1 Å². The van der Waals surface area contributed by atoms with E-state index in [9.17, 15) is 14.4 Å². The summed E-state index contributed by atoms with van der Waals surface area (Å²) in [5.74, 6) is -1.60. The molecule has 96 valence electrons. The Balaban J connectivity index is 2.37. The Hall–Kier alpha value is -1.79. The van der Waals surface area contributed by atoms with Crippen LogP contribution in [0.15, 0.2) is 0 Å². The molecule has 1 aliphatic carbocycles. The van der Waals surface area contributed by atoms with Crippen molar-refractivity contribution in [2.75, 3.05) is 19.7 Å².